The molecule has 3 aliphatic rings. The van der Waals surface area contributed by atoms with Crippen molar-refractivity contribution >= 4 is 41.0 Å². The van der Waals surface area contributed by atoms with Gasteiger partial charge in [0, 0.05) is 31.1 Å². The van der Waals surface area contributed by atoms with Crippen LogP contribution in [0.3, 0.4) is 0 Å². The molecule has 0 spiro atoms. The highest BCUT2D eigenvalue weighted by molar-refractivity contribution is 6.38. The number of nitrogens with one attached hydrogen (secondary N) is 3. The first-order valence-electron chi connectivity index (χ1n) is 14.1. The molecule has 5 rings (SSSR count). The highest BCUT2D eigenvalue weighted by atomic mass is 35.5. The molecule has 222 valence electrons. The number of piperidine rings is 1. The second-order valence-electron chi connectivity index (χ2n) is 11.8. The minimum absolute atomic E-state index is 0.0110. The third-order valence-corrected chi connectivity index (χ3v) is 9.21. The Kier molecular flexibility index (Phi) is 8.28. The number of likely N-dealkylation sites (tertiary alicyclic amines) is 1. The average molecular weight is 595 g/mol. The van der Waals surface area contributed by atoms with E-state index >= 15 is 0 Å². The number of nitrogens with zero attached hydrogens (tertiary/aromatic N) is 1. The molecule has 1 saturated carbocycles. The summed E-state index contributed by atoms with van der Waals surface area (Å²) in [6.07, 6.45) is 0.521. The van der Waals surface area contributed by atoms with Crippen LogP contribution in [0.25, 0.3) is 11.1 Å². The summed E-state index contributed by atoms with van der Waals surface area (Å²) in [6.45, 7) is 4.72. The van der Waals surface area contributed by atoms with Crippen molar-refractivity contribution in [1.82, 2.24) is 20.9 Å². The fraction of sp³-hybridized carbons (Fsp3) is 0.452. The maximum Gasteiger partial charge on any atom is 0.289 e. The normalized spacial score (nSPS) is 24.3. The lowest BCUT2D eigenvalue weighted by atomic mass is 9.94. The molecule has 3 fully saturated rings. The Labute approximate surface area is 249 Å². The van der Waals surface area contributed by atoms with E-state index in [1.807, 2.05) is 36.4 Å². The summed E-state index contributed by atoms with van der Waals surface area (Å²) in [6, 6.07) is 12.8. The predicted molar refractivity (Wildman–Crippen MR) is 155 cm³/mol. The molecule has 2 aromatic carbocycles. The van der Waals surface area contributed by atoms with Crippen LogP contribution >= 0.6 is 11.6 Å². The van der Waals surface area contributed by atoms with E-state index in [1.165, 1.54) is 11.9 Å². The van der Waals surface area contributed by atoms with E-state index in [0.29, 0.717) is 30.3 Å². The number of Topliss-reactive ketones (excluding diaryl/α,β-unsaturated/α-hetero) is 1. The molecule has 2 saturated heterocycles. The van der Waals surface area contributed by atoms with Crippen molar-refractivity contribution in [2.75, 3.05) is 26.7 Å². The number of halogens is 1. The molecule has 0 radical (unpaired) electrons. The van der Waals surface area contributed by atoms with Crippen LogP contribution in [0.5, 0.6) is 5.75 Å². The lowest BCUT2D eigenvalue weighted by Gasteiger charge is -2.31. The van der Waals surface area contributed by atoms with Gasteiger partial charge >= 0.3 is 0 Å². The molecule has 4 amide bonds. The number of ether oxygens (including phenoxy) is 1. The fourth-order valence-corrected chi connectivity index (χ4v) is 6.51. The standard InChI is InChI=1S/C31H35ClN4O6/c1-31(2)22-15-36(24(37)16-42-21-10-6-18(7-11-21)17-4-8-20(32)9-5-17)26(25(22)31)29(40)35-23(27(38)30(41)33-3)14-19-12-13-34-28(19)39/h4-11,19,22-23,25-26H,12-16H2,1-3H3,(H,33,41)(H,34,39)(H,35,40)/t19-,22-,23-,25-,26-/m0/s1. The lowest BCUT2D eigenvalue weighted by Crippen LogP contribution is -2.56. The largest absolute Gasteiger partial charge is 0.484 e. The summed E-state index contributed by atoms with van der Waals surface area (Å²) >= 11 is 5.98. The van der Waals surface area contributed by atoms with Gasteiger partial charge in [-0.25, -0.2) is 0 Å². The van der Waals surface area contributed by atoms with Crippen molar-refractivity contribution in [1.29, 1.82) is 0 Å². The molecule has 2 aromatic rings. The van der Waals surface area contributed by atoms with E-state index in [0.717, 1.165) is 11.1 Å². The molecule has 5 atom stereocenters. The number of likely N-dealkylation sites (N-methyl/N-ethyl adjacent to an activating group) is 1. The van der Waals surface area contributed by atoms with Crippen molar-refractivity contribution in [3.05, 3.63) is 53.6 Å². The number of fused-ring (bicyclic) bond motifs is 1. The van der Waals surface area contributed by atoms with Crippen molar-refractivity contribution in [2.45, 2.75) is 38.8 Å². The maximum absolute atomic E-state index is 13.7. The molecule has 2 aliphatic heterocycles. The Balaban J connectivity index is 1.26. The summed E-state index contributed by atoms with van der Waals surface area (Å²) in [5.41, 5.74) is 1.82. The van der Waals surface area contributed by atoms with Gasteiger partial charge in [-0.15, -0.1) is 0 Å². The SMILES string of the molecule is CNC(=O)C(=O)[C@H](C[C@@H]1CCNC1=O)NC(=O)[C@@H]1[C@@H]2[C@H](CN1C(=O)COc1ccc(-c3ccc(Cl)cc3)cc1)C2(C)C. The second-order valence-corrected chi connectivity index (χ2v) is 12.2. The lowest BCUT2D eigenvalue weighted by molar-refractivity contribution is -0.144. The molecule has 42 heavy (non-hydrogen) atoms. The van der Waals surface area contributed by atoms with E-state index in [4.69, 9.17) is 16.3 Å². The van der Waals surface area contributed by atoms with E-state index < -0.39 is 35.6 Å². The first-order valence-corrected chi connectivity index (χ1v) is 14.5. The predicted octanol–water partition coefficient (Wildman–Crippen LogP) is 2.19. The van der Waals surface area contributed by atoms with Crippen molar-refractivity contribution in [3.8, 4) is 16.9 Å². The number of hydrogen-bond acceptors (Lipinski definition) is 6. The van der Waals surface area contributed by atoms with Gasteiger partial charge in [0.15, 0.2) is 6.61 Å². The highest BCUT2D eigenvalue weighted by Gasteiger charge is 2.69. The van der Waals surface area contributed by atoms with Crippen LogP contribution in [-0.2, 0) is 24.0 Å². The van der Waals surface area contributed by atoms with Gasteiger partial charge in [-0.05, 0) is 65.5 Å². The molecule has 0 unspecified atom stereocenters. The summed E-state index contributed by atoms with van der Waals surface area (Å²) in [4.78, 5) is 65.8. The van der Waals surface area contributed by atoms with Gasteiger partial charge in [0.05, 0.1) is 6.04 Å². The zero-order chi connectivity index (χ0) is 30.2. The molecule has 3 N–H and O–H groups in total. The van der Waals surface area contributed by atoms with Crippen LogP contribution < -0.4 is 20.7 Å². The van der Waals surface area contributed by atoms with Crippen LogP contribution in [0.2, 0.25) is 5.02 Å². The maximum atomic E-state index is 13.7. The fourth-order valence-electron chi connectivity index (χ4n) is 6.38. The van der Waals surface area contributed by atoms with Crippen molar-refractivity contribution < 1.29 is 28.7 Å². The van der Waals surface area contributed by atoms with E-state index in [1.54, 1.807) is 12.1 Å². The van der Waals surface area contributed by atoms with Crippen molar-refractivity contribution in [3.63, 3.8) is 0 Å². The Morgan fingerprint density at radius 3 is 2.31 bits per heavy atom. The van der Waals surface area contributed by atoms with Crippen molar-refractivity contribution in [2.24, 2.45) is 23.2 Å². The quantitative estimate of drug-likeness (QED) is 0.361. The second kappa shape index (κ2) is 11.8. The van der Waals surface area contributed by atoms with E-state index in [-0.39, 0.29) is 42.1 Å². The van der Waals surface area contributed by atoms with Gasteiger partial charge in [0.1, 0.15) is 11.8 Å². The number of carbonyl (C=O) groups is 5. The molecule has 10 nitrogen and oxygen atoms in total. The van der Waals surface area contributed by atoms with Gasteiger partial charge in [0.25, 0.3) is 11.8 Å². The summed E-state index contributed by atoms with van der Waals surface area (Å²) in [5, 5.41) is 8.40. The van der Waals surface area contributed by atoms with Crippen LogP contribution in [0.15, 0.2) is 48.5 Å². The van der Waals surface area contributed by atoms with Crippen LogP contribution in [0.1, 0.15) is 26.7 Å². The van der Waals surface area contributed by atoms with E-state index in [2.05, 4.69) is 29.8 Å². The molecule has 2 heterocycles. The number of benzene rings is 2. The van der Waals surface area contributed by atoms with Crippen LogP contribution in [-0.4, -0.2) is 73.1 Å². The minimum Gasteiger partial charge on any atom is -0.484 e. The number of carbonyl (C=O) groups excluding carboxylic acids is 5. The molecule has 0 aromatic heterocycles. The third kappa shape index (κ3) is 5.86. The Morgan fingerprint density at radius 2 is 1.71 bits per heavy atom. The number of ketones is 1. The number of hydrogen-bond donors (Lipinski definition) is 3. The number of rotatable bonds is 10. The molecule has 1 aliphatic carbocycles. The summed E-state index contributed by atoms with van der Waals surface area (Å²) in [5.74, 6) is -2.67. The van der Waals surface area contributed by atoms with Gasteiger partial charge in [-0.2, -0.15) is 0 Å². The zero-order valence-corrected chi connectivity index (χ0v) is 24.6. The average Bonchev–Trinajstić information content (AvgIpc) is 3.32. The third-order valence-electron chi connectivity index (χ3n) is 8.96. The van der Waals surface area contributed by atoms with Gasteiger partial charge in [-0.3, -0.25) is 24.0 Å². The smallest absolute Gasteiger partial charge is 0.289 e. The molecule has 11 heteroatoms. The van der Waals surface area contributed by atoms with Gasteiger partial charge in [0.2, 0.25) is 17.6 Å². The Morgan fingerprint density at radius 1 is 1.07 bits per heavy atom. The Bertz CT molecular complexity index is 1390. The topological polar surface area (TPSA) is 134 Å². The van der Waals surface area contributed by atoms with Gasteiger partial charge < -0.3 is 25.6 Å². The first kappa shape index (κ1) is 29.6. The van der Waals surface area contributed by atoms with Crippen LogP contribution in [0.4, 0.5) is 0 Å². The molecular weight excluding hydrogens is 560 g/mol. The number of amides is 4. The highest BCUT2D eigenvalue weighted by Crippen LogP contribution is 2.64. The van der Waals surface area contributed by atoms with Crippen LogP contribution in [0, 0.1) is 23.2 Å². The Hall–Kier alpha value is -3.92. The monoisotopic (exact) mass is 594 g/mol. The summed E-state index contributed by atoms with van der Waals surface area (Å²) in [7, 11) is 1.33. The van der Waals surface area contributed by atoms with Gasteiger partial charge in [-0.1, -0.05) is 49.7 Å². The first-order chi connectivity index (χ1) is 20.0. The van der Waals surface area contributed by atoms with E-state index in [9.17, 15) is 24.0 Å². The summed E-state index contributed by atoms with van der Waals surface area (Å²) < 4.78 is 5.79. The molecule has 0 bridgehead atoms. The minimum atomic E-state index is -1.18. The zero-order valence-electron chi connectivity index (χ0n) is 23.8. The molecular formula is C31H35ClN4O6.